The highest BCUT2D eigenvalue weighted by molar-refractivity contribution is 7.89. The Morgan fingerprint density at radius 2 is 2.22 bits per heavy atom. The smallest absolute Gasteiger partial charge is 0.221 e. The van der Waals surface area contributed by atoms with E-state index < -0.39 is 10.0 Å². The first-order valence-electron chi connectivity index (χ1n) is 6.56. The Kier molecular flexibility index (Phi) is 4.58. The van der Waals surface area contributed by atoms with Crippen molar-refractivity contribution in [3.05, 3.63) is 0 Å². The molecule has 2 fully saturated rings. The second kappa shape index (κ2) is 5.99. The summed E-state index contributed by atoms with van der Waals surface area (Å²) in [6, 6.07) is 0.379. The fourth-order valence-electron chi connectivity index (χ4n) is 2.42. The van der Waals surface area contributed by atoms with Crippen molar-refractivity contribution in [3.8, 4) is 0 Å². The highest BCUT2D eigenvalue weighted by atomic mass is 32.2. The normalized spacial score (nSPS) is 27.4. The molecule has 0 saturated carbocycles. The fourth-order valence-corrected chi connectivity index (χ4v) is 3.95. The van der Waals surface area contributed by atoms with Crippen molar-refractivity contribution >= 4 is 15.9 Å². The van der Waals surface area contributed by atoms with Crippen molar-refractivity contribution in [2.45, 2.75) is 31.7 Å². The van der Waals surface area contributed by atoms with Crippen LogP contribution in [0.15, 0.2) is 0 Å². The third kappa shape index (κ3) is 3.66. The van der Waals surface area contributed by atoms with E-state index in [9.17, 15) is 13.2 Å². The third-order valence-electron chi connectivity index (χ3n) is 3.50. The van der Waals surface area contributed by atoms with Gasteiger partial charge in [0.15, 0.2) is 0 Å². The molecule has 6 nitrogen and oxygen atoms in total. The van der Waals surface area contributed by atoms with Gasteiger partial charge in [-0.15, -0.1) is 0 Å². The summed E-state index contributed by atoms with van der Waals surface area (Å²) in [6.45, 7) is 2.53. The number of amides is 1. The van der Waals surface area contributed by atoms with Crippen molar-refractivity contribution in [3.63, 3.8) is 0 Å². The van der Waals surface area contributed by atoms with E-state index in [4.69, 9.17) is 0 Å². The van der Waals surface area contributed by atoms with Crippen LogP contribution < -0.4 is 10.6 Å². The number of carbonyl (C=O) groups excluding carboxylic acids is 1. The number of sulfonamides is 1. The maximum absolute atomic E-state index is 11.6. The number of nitrogens with zero attached hydrogens (tertiary/aromatic N) is 1. The van der Waals surface area contributed by atoms with E-state index in [1.54, 1.807) is 0 Å². The topological polar surface area (TPSA) is 78.5 Å². The molecule has 0 aliphatic carbocycles. The lowest BCUT2D eigenvalue weighted by atomic mass is 10.2. The molecule has 1 unspecified atom stereocenters. The van der Waals surface area contributed by atoms with Crippen LogP contribution in [0.4, 0.5) is 0 Å². The Balaban J connectivity index is 1.65. The average molecular weight is 275 g/mol. The highest BCUT2D eigenvalue weighted by Gasteiger charge is 2.28. The van der Waals surface area contributed by atoms with E-state index in [-0.39, 0.29) is 18.1 Å². The lowest BCUT2D eigenvalue weighted by Crippen LogP contribution is -2.38. The molecule has 104 valence electrons. The fraction of sp³-hybridized carbons (Fsp3) is 0.909. The molecule has 0 aromatic heterocycles. The summed E-state index contributed by atoms with van der Waals surface area (Å²) in [5, 5.41) is 6.15. The van der Waals surface area contributed by atoms with Crippen LogP contribution >= 0.6 is 0 Å². The number of hydrogen-bond acceptors (Lipinski definition) is 4. The predicted octanol–water partition coefficient (Wildman–Crippen LogP) is -0.720. The van der Waals surface area contributed by atoms with Gasteiger partial charge in [0.05, 0.1) is 5.75 Å². The molecule has 0 aromatic rings. The molecule has 1 atom stereocenters. The van der Waals surface area contributed by atoms with Gasteiger partial charge in [-0.2, -0.15) is 0 Å². The van der Waals surface area contributed by atoms with Crippen molar-refractivity contribution < 1.29 is 13.2 Å². The molecule has 2 saturated heterocycles. The molecular formula is C11H21N3O3S. The van der Waals surface area contributed by atoms with Gasteiger partial charge in [0.2, 0.25) is 15.9 Å². The lowest BCUT2D eigenvalue weighted by molar-refractivity contribution is -0.121. The van der Waals surface area contributed by atoms with Crippen LogP contribution in [0.25, 0.3) is 0 Å². The second-order valence-electron chi connectivity index (χ2n) is 4.92. The van der Waals surface area contributed by atoms with Gasteiger partial charge in [0.25, 0.3) is 0 Å². The maximum Gasteiger partial charge on any atom is 0.221 e. The number of rotatable bonds is 5. The number of hydrogen-bond donors (Lipinski definition) is 2. The van der Waals surface area contributed by atoms with Crippen LogP contribution in [0.3, 0.4) is 0 Å². The van der Waals surface area contributed by atoms with Gasteiger partial charge < -0.3 is 10.6 Å². The highest BCUT2D eigenvalue weighted by Crippen LogP contribution is 2.13. The monoisotopic (exact) mass is 275 g/mol. The van der Waals surface area contributed by atoms with Crippen molar-refractivity contribution in [1.29, 1.82) is 0 Å². The molecule has 1 amide bonds. The summed E-state index contributed by atoms with van der Waals surface area (Å²) < 4.78 is 24.5. The number of carbonyl (C=O) groups is 1. The Labute approximate surface area is 108 Å². The van der Waals surface area contributed by atoms with Crippen LogP contribution in [-0.2, 0) is 14.8 Å². The molecule has 2 aliphatic heterocycles. The molecule has 0 bridgehead atoms. The first-order valence-corrected chi connectivity index (χ1v) is 8.17. The van der Waals surface area contributed by atoms with Gasteiger partial charge in [-0.05, 0) is 25.8 Å². The Morgan fingerprint density at radius 1 is 1.39 bits per heavy atom. The quantitative estimate of drug-likeness (QED) is 0.694. The van der Waals surface area contributed by atoms with Gasteiger partial charge in [-0.25, -0.2) is 12.7 Å². The first kappa shape index (κ1) is 13.8. The standard InChI is InChI=1S/C11H21N3O3S/c15-11(13-9-10-3-1-5-12-10)4-7-14-6-2-8-18(14,16)17/h10,12H,1-9H2,(H,13,15). The molecule has 0 spiro atoms. The largest absolute Gasteiger partial charge is 0.354 e. The molecule has 2 aliphatic rings. The van der Waals surface area contributed by atoms with E-state index in [2.05, 4.69) is 10.6 Å². The zero-order valence-corrected chi connectivity index (χ0v) is 11.3. The Hall–Kier alpha value is -0.660. The van der Waals surface area contributed by atoms with Gasteiger partial charge >= 0.3 is 0 Å². The zero-order chi connectivity index (χ0) is 13.0. The Morgan fingerprint density at radius 3 is 2.83 bits per heavy atom. The number of nitrogens with one attached hydrogen (secondary N) is 2. The van der Waals surface area contributed by atoms with Crippen molar-refractivity contribution in [2.24, 2.45) is 0 Å². The molecule has 2 heterocycles. The van der Waals surface area contributed by atoms with Crippen LogP contribution in [0.1, 0.15) is 25.7 Å². The second-order valence-corrected chi connectivity index (χ2v) is 7.00. The van der Waals surface area contributed by atoms with Gasteiger partial charge in [0, 0.05) is 32.1 Å². The average Bonchev–Trinajstić information content (AvgIpc) is 2.93. The summed E-state index contributed by atoms with van der Waals surface area (Å²) in [5.41, 5.74) is 0. The van der Waals surface area contributed by atoms with E-state index in [1.165, 1.54) is 4.31 Å². The maximum atomic E-state index is 11.6. The molecule has 0 aromatic carbocycles. The minimum Gasteiger partial charge on any atom is -0.354 e. The molecular weight excluding hydrogens is 254 g/mol. The summed E-state index contributed by atoms with van der Waals surface area (Å²) in [7, 11) is -3.07. The molecule has 0 radical (unpaired) electrons. The van der Waals surface area contributed by atoms with Crippen LogP contribution in [0.2, 0.25) is 0 Å². The van der Waals surface area contributed by atoms with E-state index in [0.717, 1.165) is 19.4 Å². The predicted molar refractivity (Wildman–Crippen MR) is 68.6 cm³/mol. The summed E-state index contributed by atoms with van der Waals surface area (Å²) in [6.07, 6.45) is 3.19. The molecule has 7 heteroatoms. The van der Waals surface area contributed by atoms with Gasteiger partial charge in [-0.1, -0.05) is 0 Å². The molecule has 2 rings (SSSR count). The van der Waals surface area contributed by atoms with E-state index in [0.29, 0.717) is 32.1 Å². The zero-order valence-electron chi connectivity index (χ0n) is 10.5. The minimum atomic E-state index is -3.07. The first-order chi connectivity index (χ1) is 8.58. The van der Waals surface area contributed by atoms with Gasteiger partial charge in [0.1, 0.15) is 0 Å². The lowest BCUT2D eigenvalue weighted by Gasteiger charge is -2.15. The molecule has 2 N–H and O–H groups in total. The summed E-state index contributed by atoms with van der Waals surface area (Å²) >= 11 is 0. The van der Waals surface area contributed by atoms with Gasteiger partial charge in [-0.3, -0.25) is 4.79 Å². The van der Waals surface area contributed by atoms with Crippen LogP contribution in [-0.4, -0.2) is 56.6 Å². The third-order valence-corrected chi connectivity index (χ3v) is 5.46. The minimum absolute atomic E-state index is 0.0641. The summed E-state index contributed by atoms with van der Waals surface area (Å²) in [5.74, 6) is 0.159. The molecule has 18 heavy (non-hydrogen) atoms. The van der Waals surface area contributed by atoms with E-state index >= 15 is 0 Å². The van der Waals surface area contributed by atoms with Crippen molar-refractivity contribution in [2.75, 3.05) is 31.9 Å². The summed E-state index contributed by atoms with van der Waals surface area (Å²) in [4.78, 5) is 11.6. The van der Waals surface area contributed by atoms with Crippen molar-refractivity contribution in [1.82, 2.24) is 14.9 Å². The van der Waals surface area contributed by atoms with Crippen LogP contribution in [0, 0.1) is 0 Å². The SMILES string of the molecule is O=C(CCN1CCCS1(=O)=O)NCC1CCCN1. The van der Waals surface area contributed by atoms with Crippen LogP contribution in [0.5, 0.6) is 0 Å². The Bertz CT molecular complexity index is 390. The van der Waals surface area contributed by atoms with E-state index in [1.807, 2.05) is 0 Å².